The molecule has 18 heavy (non-hydrogen) atoms. The van der Waals surface area contributed by atoms with Crippen LogP contribution in [0, 0.1) is 10.1 Å². The van der Waals surface area contributed by atoms with Crippen LogP contribution >= 0.6 is 11.6 Å². The zero-order valence-electron chi connectivity index (χ0n) is 9.50. The van der Waals surface area contributed by atoms with Crippen LogP contribution in [0.1, 0.15) is 12.6 Å². The second kappa shape index (κ2) is 4.61. The summed E-state index contributed by atoms with van der Waals surface area (Å²) in [5, 5.41) is 18.8. The fraction of sp³-hybridized carbons (Fsp3) is 0.200. The number of hydrogen-bond donors (Lipinski definition) is 1. The number of nitro groups is 1. The molecule has 0 aliphatic carbocycles. The molecule has 0 amide bonds. The van der Waals surface area contributed by atoms with E-state index in [9.17, 15) is 10.1 Å². The number of benzene rings is 1. The summed E-state index contributed by atoms with van der Waals surface area (Å²) in [7, 11) is 0. The Morgan fingerprint density at radius 3 is 2.89 bits per heavy atom. The molecule has 8 heteroatoms. The number of hydrogen-bond acceptors (Lipinski definition) is 5. The fourth-order valence-electron chi connectivity index (χ4n) is 1.66. The predicted octanol–water partition coefficient (Wildman–Crippen LogP) is 1.97. The maximum absolute atomic E-state index is 11.0. The van der Waals surface area contributed by atoms with E-state index in [2.05, 4.69) is 10.3 Å². The maximum Gasteiger partial charge on any atom is 0.296 e. The third-order valence-electron chi connectivity index (χ3n) is 2.49. The van der Waals surface area contributed by atoms with Crippen molar-refractivity contribution in [3.63, 3.8) is 0 Å². The Hall–Kier alpha value is -2.15. The molecule has 1 aromatic carbocycles. The van der Waals surface area contributed by atoms with E-state index in [1.807, 2.05) is 6.92 Å². The summed E-state index contributed by atoms with van der Waals surface area (Å²) in [5.41, 5.74) is 6.44. The average Bonchev–Trinajstić information content (AvgIpc) is 2.70. The first kappa shape index (κ1) is 12.3. The van der Waals surface area contributed by atoms with Crippen LogP contribution < -0.4 is 5.73 Å². The number of rotatable bonds is 3. The molecule has 1 aromatic heterocycles. The molecule has 0 saturated heterocycles. The molecule has 0 unspecified atom stereocenters. The summed E-state index contributed by atoms with van der Waals surface area (Å²) < 4.78 is 1.36. The Balaban J connectivity index is 2.67. The zero-order chi connectivity index (χ0) is 13.3. The highest BCUT2D eigenvalue weighted by Crippen LogP contribution is 2.27. The second-order valence-electron chi connectivity index (χ2n) is 3.58. The van der Waals surface area contributed by atoms with Gasteiger partial charge in [-0.2, -0.15) is 0 Å². The van der Waals surface area contributed by atoms with Gasteiger partial charge in [-0.15, -0.1) is 5.10 Å². The zero-order valence-corrected chi connectivity index (χ0v) is 10.3. The molecule has 0 atom stereocenters. The lowest BCUT2D eigenvalue weighted by Gasteiger charge is -2.05. The molecule has 2 aromatic rings. The standard InChI is InChI=1S/C10H10ClN5O2/c1-2-7-10(12)13-14-15(7)8-4-3-6(11)5-9(8)16(17)18/h3-5H,2,12H2,1H3. The first-order valence-corrected chi connectivity index (χ1v) is 5.56. The molecule has 94 valence electrons. The van der Waals surface area contributed by atoms with E-state index in [-0.39, 0.29) is 16.5 Å². The summed E-state index contributed by atoms with van der Waals surface area (Å²) in [6, 6.07) is 4.35. The number of nitro benzene ring substituents is 1. The van der Waals surface area contributed by atoms with Gasteiger partial charge >= 0.3 is 0 Å². The first-order chi connectivity index (χ1) is 8.54. The van der Waals surface area contributed by atoms with Crippen molar-refractivity contribution in [2.75, 3.05) is 5.73 Å². The van der Waals surface area contributed by atoms with Crippen LogP contribution in [0.5, 0.6) is 0 Å². The smallest absolute Gasteiger partial charge is 0.296 e. The molecule has 7 nitrogen and oxygen atoms in total. The van der Waals surface area contributed by atoms with Gasteiger partial charge in [0.05, 0.1) is 10.6 Å². The topological polar surface area (TPSA) is 99.9 Å². The van der Waals surface area contributed by atoms with Gasteiger partial charge in [-0.1, -0.05) is 23.7 Å². The summed E-state index contributed by atoms with van der Waals surface area (Å²) in [6.07, 6.45) is 0.568. The van der Waals surface area contributed by atoms with E-state index >= 15 is 0 Å². The largest absolute Gasteiger partial charge is 0.381 e. The monoisotopic (exact) mass is 267 g/mol. The van der Waals surface area contributed by atoms with Crippen LogP contribution in [0.4, 0.5) is 11.5 Å². The van der Waals surface area contributed by atoms with Crippen molar-refractivity contribution in [3.8, 4) is 5.69 Å². The second-order valence-corrected chi connectivity index (χ2v) is 4.01. The highest BCUT2D eigenvalue weighted by molar-refractivity contribution is 6.30. The molecule has 0 aliphatic rings. The Morgan fingerprint density at radius 1 is 1.56 bits per heavy atom. The van der Waals surface area contributed by atoms with Crippen molar-refractivity contribution in [1.29, 1.82) is 0 Å². The SMILES string of the molecule is CCc1c(N)nnn1-c1ccc(Cl)cc1[N+](=O)[O-]. The Labute approximate surface area is 107 Å². The van der Waals surface area contributed by atoms with Gasteiger partial charge in [0, 0.05) is 11.1 Å². The van der Waals surface area contributed by atoms with Gasteiger partial charge in [-0.05, 0) is 18.6 Å². The van der Waals surface area contributed by atoms with Crippen molar-refractivity contribution < 1.29 is 4.92 Å². The van der Waals surface area contributed by atoms with Gasteiger partial charge in [-0.3, -0.25) is 10.1 Å². The summed E-state index contributed by atoms with van der Waals surface area (Å²) in [6.45, 7) is 1.87. The molecule has 1 heterocycles. The summed E-state index contributed by atoms with van der Waals surface area (Å²) in [4.78, 5) is 10.5. The number of anilines is 1. The first-order valence-electron chi connectivity index (χ1n) is 5.19. The van der Waals surface area contributed by atoms with E-state index in [1.54, 1.807) is 6.07 Å². The van der Waals surface area contributed by atoms with Gasteiger partial charge in [0.15, 0.2) is 5.82 Å². The predicted molar refractivity (Wildman–Crippen MR) is 66.8 cm³/mol. The number of nitrogen functional groups attached to an aromatic ring is 1. The van der Waals surface area contributed by atoms with Gasteiger partial charge in [-0.25, -0.2) is 4.68 Å². The van der Waals surface area contributed by atoms with Gasteiger partial charge in [0.1, 0.15) is 5.69 Å². The van der Waals surface area contributed by atoms with Crippen molar-refractivity contribution >= 4 is 23.1 Å². The van der Waals surface area contributed by atoms with Crippen molar-refractivity contribution in [1.82, 2.24) is 15.0 Å². The molecule has 0 spiro atoms. The maximum atomic E-state index is 11.0. The van der Waals surface area contributed by atoms with E-state index in [4.69, 9.17) is 17.3 Å². The number of aromatic nitrogens is 3. The van der Waals surface area contributed by atoms with E-state index in [1.165, 1.54) is 16.8 Å². The molecule has 0 fully saturated rings. The van der Waals surface area contributed by atoms with Crippen LogP contribution in [-0.2, 0) is 6.42 Å². The third-order valence-corrected chi connectivity index (χ3v) is 2.73. The van der Waals surface area contributed by atoms with Crippen LogP contribution in [0.2, 0.25) is 5.02 Å². The normalized spacial score (nSPS) is 10.6. The molecule has 0 bridgehead atoms. The van der Waals surface area contributed by atoms with E-state index in [0.29, 0.717) is 17.8 Å². The minimum absolute atomic E-state index is 0.137. The summed E-state index contributed by atoms with van der Waals surface area (Å²) in [5.74, 6) is 0.266. The van der Waals surface area contributed by atoms with Gasteiger partial charge in [0.25, 0.3) is 5.69 Å². The van der Waals surface area contributed by atoms with Crippen molar-refractivity contribution in [2.24, 2.45) is 0 Å². The molecule has 0 saturated carbocycles. The van der Waals surface area contributed by atoms with Crippen molar-refractivity contribution in [3.05, 3.63) is 39.0 Å². The van der Waals surface area contributed by atoms with Crippen molar-refractivity contribution in [2.45, 2.75) is 13.3 Å². The fourth-order valence-corrected chi connectivity index (χ4v) is 1.83. The quantitative estimate of drug-likeness (QED) is 0.677. The van der Waals surface area contributed by atoms with Crippen LogP contribution in [0.3, 0.4) is 0 Å². The summed E-state index contributed by atoms with van der Waals surface area (Å²) >= 11 is 5.75. The molecular formula is C10H10ClN5O2. The van der Waals surface area contributed by atoms with Crippen LogP contribution in [0.15, 0.2) is 18.2 Å². The Kier molecular flexibility index (Phi) is 3.15. The Bertz CT molecular complexity index is 610. The molecule has 0 aliphatic heterocycles. The third kappa shape index (κ3) is 2.00. The minimum atomic E-state index is -0.515. The number of halogens is 1. The van der Waals surface area contributed by atoms with Crippen LogP contribution in [-0.4, -0.2) is 19.9 Å². The Morgan fingerprint density at radius 2 is 2.28 bits per heavy atom. The lowest BCUT2D eigenvalue weighted by molar-refractivity contribution is -0.384. The average molecular weight is 268 g/mol. The van der Waals surface area contributed by atoms with E-state index in [0.717, 1.165) is 0 Å². The van der Waals surface area contributed by atoms with E-state index < -0.39 is 4.92 Å². The van der Waals surface area contributed by atoms with Gasteiger partial charge < -0.3 is 5.73 Å². The van der Waals surface area contributed by atoms with Crippen LogP contribution in [0.25, 0.3) is 5.69 Å². The lowest BCUT2D eigenvalue weighted by atomic mass is 10.2. The number of nitrogens with two attached hydrogens (primary N) is 1. The lowest BCUT2D eigenvalue weighted by Crippen LogP contribution is -2.06. The minimum Gasteiger partial charge on any atom is -0.381 e. The highest BCUT2D eigenvalue weighted by Gasteiger charge is 2.20. The molecule has 2 N–H and O–H groups in total. The molecule has 0 radical (unpaired) electrons. The van der Waals surface area contributed by atoms with Gasteiger partial charge in [0.2, 0.25) is 0 Å². The highest BCUT2D eigenvalue weighted by atomic mass is 35.5. The molecular weight excluding hydrogens is 258 g/mol. The number of nitrogens with zero attached hydrogens (tertiary/aromatic N) is 4. The molecule has 2 rings (SSSR count).